The average molecular weight is 446 g/mol. The summed E-state index contributed by atoms with van der Waals surface area (Å²) in [5, 5.41) is 10.5. The number of aliphatic hydroxyl groups is 1. The Morgan fingerprint density at radius 2 is 1.90 bits per heavy atom. The van der Waals surface area contributed by atoms with Gasteiger partial charge < -0.3 is 14.6 Å². The number of hydrogen-bond donors (Lipinski definition) is 1. The Morgan fingerprint density at radius 3 is 2.53 bits per heavy atom. The molecule has 0 aliphatic carbocycles. The van der Waals surface area contributed by atoms with Crippen molar-refractivity contribution in [1.82, 2.24) is 4.98 Å². The van der Waals surface area contributed by atoms with E-state index < -0.39 is 6.29 Å². The first-order valence-corrected chi connectivity index (χ1v) is 10.2. The van der Waals surface area contributed by atoms with Crippen molar-refractivity contribution in [2.75, 3.05) is 13.2 Å². The van der Waals surface area contributed by atoms with Crippen molar-refractivity contribution in [3.05, 3.63) is 81.5 Å². The van der Waals surface area contributed by atoms with Crippen LogP contribution in [0.3, 0.4) is 0 Å². The largest absolute Gasteiger partial charge is 0.488 e. The van der Waals surface area contributed by atoms with Crippen molar-refractivity contribution in [2.24, 2.45) is 0 Å². The van der Waals surface area contributed by atoms with Crippen LogP contribution in [0.15, 0.2) is 54.7 Å². The Labute approximate surface area is 185 Å². The molecule has 3 rings (SSSR count). The lowest BCUT2D eigenvalue weighted by Crippen LogP contribution is -2.20. The first kappa shape index (κ1) is 22.2. The van der Waals surface area contributed by atoms with E-state index in [1.807, 2.05) is 30.3 Å². The van der Waals surface area contributed by atoms with Crippen LogP contribution in [-0.2, 0) is 11.2 Å². The maximum Gasteiger partial charge on any atom is 0.189 e. The molecule has 0 bridgehead atoms. The molecule has 0 amide bonds. The molecule has 7 heteroatoms. The highest BCUT2D eigenvalue weighted by atomic mass is 35.5. The second-order valence-corrected chi connectivity index (χ2v) is 7.33. The third-order valence-corrected chi connectivity index (χ3v) is 5.11. The number of aliphatic hydroxyl groups excluding tert-OH is 1. The van der Waals surface area contributed by atoms with Crippen molar-refractivity contribution in [1.29, 1.82) is 0 Å². The van der Waals surface area contributed by atoms with Gasteiger partial charge in [-0.05, 0) is 48.4 Å². The van der Waals surface area contributed by atoms with Crippen LogP contribution < -0.4 is 4.74 Å². The Balaban J connectivity index is 1.83. The monoisotopic (exact) mass is 445 g/mol. The highest BCUT2D eigenvalue weighted by molar-refractivity contribution is 6.36. The number of aldehydes is 1. The summed E-state index contributed by atoms with van der Waals surface area (Å²) in [6, 6.07) is 14.4. The van der Waals surface area contributed by atoms with Crippen LogP contribution in [0.1, 0.15) is 28.4 Å². The van der Waals surface area contributed by atoms with Gasteiger partial charge in [-0.25, -0.2) is 0 Å². The van der Waals surface area contributed by atoms with Crippen LogP contribution in [0.25, 0.3) is 11.3 Å². The second-order valence-electron chi connectivity index (χ2n) is 6.52. The molecular formula is C23H21Cl2NO4. The highest BCUT2D eigenvalue weighted by Crippen LogP contribution is 2.33. The molecule has 2 aromatic carbocycles. The molecule has 3 aromatic rings. The lowest BCUT2D eigenvalue weighted by Gasteiger charge is -2.15. The number of carbonyl (C=O) groups excluding carboxylic acids is 1. The van der Waals surface area contributed by atoms with Crippen LogP contribution in [0.4, 0.5) is 0 Å². The maximum atomic E-state index is 11.5. The Bertz CT molecular complexity index is 988. The van der Waals surface area contributed by atoms with Gasteiger partial charge in [0, 0.05) is 40.4 Å². The van der Waals surface area contributed by atoms with E-state index in [9.17, 15) is 9.90 Å². The molecule has 0 spiro atoms. The summed E-state index contributed by atoms with van der Waals surface area (Å²) >= 11 is 12.9. The van der Waals surface area contributed by atoms with Crippen LogP contribution in [0, 0.1) is 0 Å². The average Bonchev–Trinajstić information content (AvgIpc) is 2.75. The predicted octanol–water partition coefficient (Wildman–Crippen LogP) is 5.19. The van der Waals surface area contributed by atoms with E-state index in [2.05, 4.69) is 4.98 Å². The fourth-order valence-electron chi connectivity index (χ4n) is 3.00. The number of carbonyl (C=O) groups is 1. The van der Waals surface area contributed by atoms with Crippen molar-refractivity contribution in [3.8, 4) is 17.0 Å². The summed E-state index contributed by atoms with van der Waals surface area (Å²) in [6.45, 7) is 2.14. The van der Waals surface area contributed by atoms with E-state index in [-0.39, 0.29) is 6.61 Å². The molecule has 0 aliphatic rings. The number of aromatic nitrogens is 1. The third kappa shape index (κ3) is 5.58. The number of pyridine rings is 1. The van der Waals surface area contributed by atoms with Crippen LogP contribution in [-0.4, -0.2) is 35.9 Å². The minimum atomic E-state index is -1.02. The van der Waals surface area contributed by atoms with Crippen molar-refractivity contribution in [2.45, 2.75) is 19.6 Å². The van der Waals surface area contributed by atoms with Gasteiger partial charge in [-0.3, -0.25) is 9.78 Å². The van der Waals surface area contributed by atoms with E-state index in [0.717, 1.165) is 28.7 Å². The number of ether oxygens (including phenoxy) is 2. The molecule has 30 heavy (non-hydrogen) atoms. The van der Waals surface area contributed by atoms with Crippen molar-refractivity contribution in [3.63, 3.8) is 0 Å². The summed E-state index contributed by atoms with van der Waals surface area (Å²) in [5.41, 5.74) is 3.70. The minimum absolute atomic E-state index is 0.0273. The summed E-state index contributed by atoms with van der Waals surface area (Å²) in [6.07, 6.45) is 1.95. The number of hydrogen-bond acceptors (Lipinski definition) is 5. The zero-order valence-corrected chi connectivity index (χ0v) is 17.9. The Hall–Kier alpha value is -2.44. The maximum absolute atomic E-state index is 11.5. The summed E-state index contributed by atoms with van der Waals surface area (Å²) < 4.78 is 10.5. The molecule has 1 heterocycles. The standard InChI is InChI=1S/C23H21Cl2NO4/c1-2-29-23(28)14-30-17-11-20(24)19(21(25)12-17)10-15-6-7-16(13-27)18(9-15)22-5-3-4-8-26-22/h3-9,11-13,23,28H,2,10,14H2,1H3. The van der Waals surface area contributed by atoms with Crippen LogP contribution in [0.5, 0.6) is 5.75 Å². The normalized spacial score (nSPS) is 11.9. The first-order valence-electron chi connectivity index (χ1n) is 9.41. The highest BCUT2D eigenvalue weighted by Gasteiger charge is 2.13. The third-order valence-electron chi connectivity index (χ3n) is 4.43. The van der Waals surface area contributed by atoms with E-state index in [1.165, 1.54) is 0 Å². The summed E-state index contributed by atoms with van der Waals surface area (Å²) in [7, 11) is 0. The van der Waals surface area contributed by atoms with Crippen LogP contribution >= 0.6 is 23.2 Å². The molecule has 1 unspecified atom stereocenters. The first-order chi connectivity index (χ1) is 14.5. The van der Waals surface area contributed by atoms with Crippen molar-refractivity contribution < 1.29 is 19.4 Å². The van der Waals surface area contributed by atoms with Gasteiger partial charge in [0.05, 0.1) is 5.69 Å². The molecule has 0 aliphatic heterocycles. The molecule has 5 nitrogen and oxygen atoms in total. The molecule has 0 radical (unpaired) electrons. The van der Waals surface area contributed by atoms with E-state index in [1.54, 1.807) is 31.3 Å². The van der Waals surface area contributed by atoms with E-state index in [0.29, 0.717) is 34.4 Å². The molecular weight excluding hydrogens is 425 g/mol. The second kappa shape index (κ2) is 10.5. The minimum Gasteiger partial charge on any atom is -0.488 e. The molecule has 1 N–H and O–H groups in total. The fourth-order valence-corrected chi connectivity index (χ4v) is 3.60. The molecule has 0 saturated heterocycles. The number of benzene rings is 2. The topological polar surface area (TPSA) is 68.7 Å². The molecule has 0 saturated carbocycles. The van der Waals surface area contributed by atoms with Gasteiger partial charge in [0.1, 0.15) is 12.4 Å². The zero-order valence-electron chi connectivity index (χ0n) is 16.3. The smallest absolute Gasteiger partial charge is 0.189 e. The lowest BCUT2D eigenvalue weighted by atomic mass is 9.97. The molecule has 1 aromatic heterocycles. The van der Waals surface area contributed by atoms with Gasteiger partial charge in [0.15, 0.2) is 12.6 Å². The van der Waals surface area contributed by atoms with E-state index >= 15 is 0 Å². The van der Waals surface area contributed by atoms with E-state index in [4.69, 9.17) is 32.7 Å². The van der Waals surface area contributed by atoms with Gasteiger partial charge >= 0.3 is 0 Å². The quantitative estimate of drug-likeness (QED) is 0.362. The Kier molecular flexibility index (Phi) is 7.82. The number of rotatable bonds is 9. The van der Waals surface area contributed by atoms with Gasteiger partial charge in [-0.15, -0.1) is 0 Å². The van der Waals surface area contributed by atoms with Gasteiger partial charge in [-0.2, -0.15) is 0 Å². The Morgan fingerprint density at radius 1 is 1.13 bits per heavy atom. The van der Waals surface area contributed by atoms with Gasteiger partial charge in [0.25, 0.3) is 0 Å². The lowest BCUT2D eigenvalue weighted by molar-refractivity contribution is -0.115. The summed E-state index contributed by atoms with van der Waals surface area (Å²) in [5.74, 6) is 0.443. The van der Waals surface area contributed by atoms with Crippen molar-refractivity contribution >= 4 is 29.5 Å². The zero-order chi connectivity index (χ0) is 21.5. The SMILES string of the molecule is CCOC(O)COc1cc(Cl)c(Cc2ccc(C=O)c(-c3ccccn3)c2)c(Cl)c1. The number of halogens is 2. The van der Waals surface area contributed by atoms with Gasteiger partial charge in [-0.1, -0.05) is 41.4 Å². The summed E-state index contributed by atoms with van der Waals surface area (Å²) in [4.78, 5) is 15.8. The predicted molar refractivity (Wildman–Crippen MR) is 117 cm³/mol. The molecule has 0 fully saturated rings. The van der Waals surface area contributed by atoms with Gasteiger partial charge in [0.2, 0.25) is 0 Å². The number of nitrogens with zero attached hydrogens (tertiary/aromatic N) is 1. The molecule has 156 valence electrons. The fraction of sp³-hybridized carbons (Fsp3) is 0.217. The molecule has 1 atom stereocenters. The van der Waals surface area contributed by atoms with Crippen LogP contribution in [0.2, 0.25) is 10.0 Å².